The van der Waals surface area contributed by atoms with Gasteiger partial charge in [0.15, 0.2) is 0 Å². The van der Waals surface area contributed by atoms with Crippen LogP contribution in [0.25, 0.3) is 0 Å². The summed E-state index contributed by atoms with van der Waals surface area (Å²) >= 11 is 0. The van der Waals surface area contributed by atoms with Gasteiger partial charge in [-0.3, -0.25) is 4.79 Å². The van der Waals surface area contributed by atoms with Crippen LogP contribution in [0.5, 0.6) is 0 Å². The molecule has 1 fully saturated rings. The van der Waals surface area contributed by atoms with Crippen LogP contribution in [-0.4, -0.2) is 43.1 Å². The van der Waals surface area contributed by atoms with Crippen LogP contribution in [-0.2, 0) is 14.1 Å². The third-order valence-corrected chi connectivity index (χ3v) is 4.56. The van der Waals surface area contributed by atoms with Gasteiger partial charge in [-0.1, -0.05) is 0 Å². The summed E-state index contributed by atoms with van der Waals surface area (Å²) in [5, 5.41) is 10.5. The number of hydrogen-bond donors (Lipinski definition) is 1. The number of aliphatic hydroxyl groups excluding tert-OH is 1. The molecule has 3 heterocycles. The fourth-order valence-corrected chi connectivity index (χ4v) is 3.14. The topological polar surface area (TPSA) is 63.3 Å². The van der Waals surface area contributed by atoms with E-state index in [0.29, 0.717) is 24.6 Å². The van der Waals surface area contributed by atoms with Gasteiger partial charge in [0.1, 0.15) is 17.6 Å². The molecule has 0 aliphatic carbocycles. The fourth-order valence-electron chi connectivity index (χ4n) is 3.14. The highest BCUT2D eigenvalue weighted by molar-refractivity contribution is 5.92. The molecule has 6 nitrogen and oxygen atoms in total. The first-order valence-electron chi connectivity index (χ1n) is 7.64. The highest BCUT2D eigenvalue weighted by atomic mass is 16.3. The minimum absolute atomic E-state index is 0.0671. The number of likely N-dealkylation sites (tertiary alicyclic amines) is 1. The Bertz CT molecular complexity index is 653. The maximum Gasteiger partial charge on any atom is 0.270 e. The highest BCUT2D eigenvalue weighted by Gasteiger charge is 2.30. The average molecular weight is 302 g/mol. The van der Waals surface area contributed by atoms with Crippen LogP contribution >= 0.6 is 0 Å². The minimum atomic E-state index is -0.563. The molecule has 2 aromatic heterocycles. The summed E-state index contributed by atoms with van der Waals surface area (Å²) < 4.78 is 3.70. The molecule has 1 amide bonds. The molecule has 2 aromatic rings. The zero-order valence-electron chi connectivity index (χ0n) is 13.0. The van der Waals surface area contributed by atoms with Gasteiger partial charge in [-0.05, 0) is 30.9 Å². The van der Waals surface area contributed by atoms with Gasteiger partial charge in [0.2, 0.25) is 0 Å². The van der Waals surface area contributed by atoms with Crippen LogP contribution in [0, 0.1) is 5.92 Å². The van der Waals surface area contributed by atoms with Crippen molar-refractivity contribution >= 4 is 5.91 Å². The molecule has 3 rings (SSSR count). The molecule has 118 valence electrons. The molecule has 0 unspecified atom stereocenters. The monoisotopic (exact) mass is 302 g/mol. The van der Waals surface area contributed by atoms with Gasteiger partial charge in [0.05, 0.1) is 0 Å². The normalized spacial score (nSPS) is 17.7. The number of nitrogens with zero attached hydrogens (tertiary/aromatic N) is 4. The molecule has 1 saturated heterocycles. The summed E-state index contributed by atoms with van der Waals surface area (Å²) in [6.07, 6.45) is 6.45. The Kier molecular flexibility index (Phi) is 4.02. The number of piperidine rings is 1. The van der Waals surface area contributed by atoms with E-state index >= 15 is 0 Å². The van der Waals surface area contributed by atoms with E-state index in [9.17, 15) is 9.90 Å². The summed E-state index contributed by atoms with van der Waals surface area (Å²) in [6.45, 7) is 1.35. The van der Waals surface area contributed by atoms with Crippen LogP contribution in [0.1, 0.15) is 35.3 Å². The number of aliphatic hydroxyl groups is 1. The summed E-state index contributed by atoms with van der Waals surface area (Å²) in [5.74, 6) is 0.920. The lowest BCUT2D eigenvalue weighted by molar-refractivity contribution is 0.0415. The lowest BCUT2D eigenvalue weighted by atomic mass is 9.90. The minimum Gasteiger partial charge on any atom is -0.385 e. The molecule has 1 aliphatic heterocycles. The summed E-state index contributed by atoms with van der Waals surface area (Å²) in [5.41, 5.74) is 0.711. The molecule has 1 aliphatic rings. The number of imidazole rings is 1. The van der Waals surface area contributed by atoms with E-state index < -0.39 is 6.10 Å². The van der Waals surface area contributed by atoms with Crippen LogP contribution < -0.4 is 0 Å². The van der Waals surface area contributed by atoms with Crippen molar-refractivity contribution in [3.8, 4) is 0 Å². The standard InChI is InChI=1S/C16H22N4O2/c1-18-8-3-4-13(18)16(22)20-9-5-12(6-10-20)14(21)15-17-7-11-19(15)2/h3-4,7-8,11-12,14,21H,5-6,9-10H2,1-2H3/t14-/m1/s1. The Labute approximate surface area is 130 Å². The number of hydrogen-bond acceptors (Lipinski definition) is 3. The van der Waals surface area contributed by atoms with Gasteiger partial charge in [-0.15, -0.1) is 0 Å². The number of amides is 1. The Hall–Kier alpha value is -2.08. The van der Waals surface area contributed by atoms with E-state index in [0.717, 1.165) is 12.8 Å². The lowest BCUT2D eigenvalue weighted by Gasteiger charge is -2.34. The van der Waals surface area contributed by atoms with Crippen molar-refractivity contribution in [1.29, 1.82) is 0 Å². The van der Waals surface area contributed by atoms with Crippen molar-refractivity contribution < 1.29 is 9.90 Å². The predicted molar refractivity (Wildman–Crippen MR) is 82.2 cm³/mol. The molecule has 6 heteroatoms. The van der Waals surface area contributed by atoms with Gasteiger partial charge < -0.3 is 19.1 Å². The number of aromatic nitrogens is 3. The first kappa shape index (κ1) is 14.8. The molecule has 0 spiro atoms. The zero-order valence-corrected chi connectivity index (χ0v) is 13.0. The first-order valence-corrected chi connectivity index (χ1v) is 7.64. The quantitative estimate of drug-likeness (QED) is 0.931. The summed E-state index contributed by atoms with van der Waals surface area (Å²) in [6, 6.07) is 3.72. The molecular formula is C16H22N4O2. The third-order valence-electron chi connectivity index (χ3n) is 4.56. The Balaban J connectivity index is 1.62. The Morgan fingerprint density at radius 1 is 1.27 bits per heavy atom. The molecule has 0 radical (unpaired) electrons. The Morgan fingerprint density at radius 3 is 2.55 bits per heavy atom. The number of aryl methyl sites for hydroxylation is 2. The van der Waals surface area contributed by atoms with E-state index in [4.69, 9.17) is 0 Å². The first-order chi connectivity index (χ1) is 10.6. The van der Waals surface area contributed by atoms with E-state index in [1.165, 1.54) is 0 Å². The number of rotatable bonds is 3. The van der Waals surface area contributed by atoms with Crippen molar-refractivity contribution in [2.24, 2.45) is 20.0 Å². The van der Waals surface area contributed by atoms with Crippen LogP contribution in [0.2, 0.25) is 0 Å². The van der Waals surface area contributed by atoms with Gasteiger partial charge in [-0.25, -0.2) is 4.98 Å². The number of carbonyl (C=O) groups is 1. The molecule has 0 bridgehead atoms. The van der Waals surface area contributed by atoms with Crippen molar-refractivity contribution in [1.82, 2.24) is 19.0 Å². The molecule has 22 heavy (non-hydrogen) atoms. The van der Waals surface area contributed by atoms with Gasteiger partial charge in [0, 0.05) is 45.8 Å². The average Bonchev–Trinajstić information content (AvgIpc) is 3.14. The second-order valence-corrected chi connectivity index (χ2v) is 5.98. The van der Waals surface area contributed by atoms with Gasteiger partial charge in [0.25, 0.3) is 5.91 Å². The Morgan fingerprint density at radius 2 is 2.00 bits per heavy atom. The zero-order chi connectivity index (χ0) is 15.7. The fraction of sp³-hybridized carbons (Fsp3) is 0.500. The largest absolute Gasteiger partial charge is 0.385 e. The summed E-state index contributed by atoms with van der Waals surface area (Å²) in [4.78, 5) is 18.6. The van der Waals surface area contributed by atoms with E-state index in [2.05, 4.69) is 4.98 Å². The molecule has 0 saturated carbocycles. The number of carbonyl (C=O) groups excluding carboxylic acids is 1. The second kappa shape index (κ2) is 5.96. The maximum absolute atomic E-state index is 12.5. The van der Waals surface area contributed by atoms with Crippen LogP contribution in [0.15, 0.2) is 30.7 Å². The highest BCUT2D eigenvalue weighted by Crippen LogP contribution is 2.30. The lowest BCUT2D eigenvalue weighted by Crippen LogP contribution is -2.40. The van der Waals surface area contributed by atoms with Crippen molar-refractivity contribution in [2.45, 2.75) is 18.9 Å². The van der Waals surface area contributed by atoms with E-state index in [-0.39, 0.29) is 11.8 Å². The van der Waals surface area contributed by atoms with Gasteiger partial charge in [-0.2, -0.15) is 0 Å². The molecule has 1 N–H and O–H groups in total. The van der Waals surface area contributed by atoms with E-state index in [1.807, 2.05) is 52.7 Å². The summed E-state index contributed by atoms with van der Waals surface area (Å²) in [7, 11) is 3.77. The third kappa shape index (κ3) is 2.66. The van der Waals surface area contributed by atoms with Crippen molar-refractivity contribution in [2.75, 3.05) is 13.1 Å². The van der Waals surface area contributed by atoms with Crippen LogP contribution in [0.4, 0.5) is 0 Å². The van der Waals surface area contributed by atoms with Crippen LogP contribution in [0.3, 0.4) is 0 Å². The SMILES string of the molecule is Cn1cccc1C(=O)N1CCC([C@@H](O)c2nccn2C)CC1. The smallest absolute Gasteiger partial charge is 0.270 e. The molecular weight excluding hydrogens is 280 g/mol. The second-order valence-electron chi connectivity index (χ2n) is 5.98. The van der Waals surface area contributed by atoms with E-state index in [1.54, 1.807) is 6.20 Å². The van der Waals surface area contributed by atoms with Gasteiger partial charge >= 0.3 is 0 Å². The van der Waals surface area contributed by atoms with Crippen molar-refractivity contribution in [3.63, 3.8) is 0 Å². The maximum atomic E-state index is 12.5. The molecule has 1 atom stereocenters. The van der Waals surface area contributed by atoms with Crippen molar-refractivity contribution in [3.05, 3.63) is 42.2 Å². The predicted octanol–water partition coefficient (Wildman–Crippen LogP) is 1.34. The molecule has 0 aromatic carbocycles.